The lowest BCUT2D eigenvalue weighted by atomic mass is 10.1. The fourth-order valence-electron chi connectivity index (χ4n) is 1.47. The van der Waals surface area contributed by atoms with E-state index >= 15 is 0 Å². The van der Waals surface area contributed by atoms with E-state index in [9.17, 15) is 0 Å². The molecule has 0 aliphatic carbocycles. The summed E-state index contributed by atoms with van der Waals surface area (Å²) < 4.78 is 0. The van der Waals surface area contributed by atoms with Crippen molar-refractivity contribution in [3.63, 3.8) is 0 Å². The van der Waals surface area contributed by atoms with Crippen LogP contribution in [0.4, 0.5) is 5.69 Å². The topological polar surface area (TPSA) is 53.0 Å². The smallest absolute Gasteiger partial charge is 0.0994 e. The molecule has 0 aliphatic rings. The maximum atomic E-state index is 8.81. The Balaban J connectivity index is 2.79. The first-order chi connectivity index (χ1) is 7.19. The summed E-state index contributed by atoms with van der Waals surface area (Å²) in [6.07, 6.45) is 0.982. The van der Waals surface area contributed by atoms with Crippen LogP contribution < -0.4 is 10.6 Å². The zero-order valence-electron chi connectivity index (χ0n) is 9.33. The Labute approximate surface area is 91.1 Å². The molecule has 0 aliphatic heterocycles. The highest BCUT2D eigenvalue weighted by atomic mass is 15.1. The summed E-state index contributed by atoms with van der Waals surface area (Å²) in [5.41, 5.74) is 8.36. The van der Waals surface area contributed by atoms with Gasteiger partial charge in [0.2, 0.25) is 0 Å². The Hall–Kier alpha value is -1.53. The lowest BCUT2D eigenvalue weighted by molar-refractivity contribution is 0.795. The third kappa shape index (κ3) is 2.97. The molecule has 0 amide bonds. The van der Waals surface area contributed by atoms with Gasteiger partial charge < -0.3 is 10.6 Å². The summed E-state index contributed by atoms with van der Waals surface area (Å²) >= 11 is 0. The first-order valence-corrected chi connectivity index (χ1v) is 5.11. The molecule has 0 unspecified atom stereocenters. The van der Waals surface area contributed by atoms with E-state index in [-0.39, 0.29) is 0 Å². The van der Waals surface area contributed by atoms with Crippen molar-refractivity contribution >= 4 is 5.69 Å². The molecule has 1 aromatic rings. The maximum absolute atomic E-state index is 8.81. The zero-order chi connectivity index (χ0) is 11.3. The van der Waals surface area contributed by atoms with Gasteiger partial charge in [0.25, 0.3) is 0 Å². The van der Waals surface area contributed by atoms with Gasteiger partial charge in [0.15, 0.2) is 0 Å². The number of anilines is 1. The van der Waals surface area contributed by atoms with Gasteiger partial charge in [0.05, 0.1) is 11.6 Å². The summed E-state index contributed by atoms with van der Waals surface area (Å²) in [7, 11) is 2.04. The van der Waals surface area contributed by atoms with Gasteiger partial charge in [0.1, 0.15) is 0 Å². The van der Waals surface area contributed by atoms with Crippen molar-refractivity contribution in [2.45, 2.75) is 13.3 Å². The van der Waals surface area contributed by atoms with E-state index in [0.717, 1.165) is 29.8 Å². The zero-order valence-corrected chi connectivity index (χ0v) is 9.33. The van der Waals surface area contributed by atoms with E-state index in [2.05, 4.69) is 11.0 Å². The number of hydrogen-bond donors (Lipinski definition) is 1. The van der Waals surface area contributed by atoms with E-state index in [0.29, 0.717) is 6.54 Å². The fraction of sp³-hybridized carbons (Fsp3) is 0.417. The second-order valence-electron chi connectivity index (χ2n) is 3.67. The summed E-state index contributed by atoms with van der Waals surface area (Å²) in [5, 5.41) is 8.81. The second kappa shape index (κ2) is 5.38. The quantitative estimate of drug-likeness (QED) is 0.809. The molecule has 1 rings (SSSR count). The predicted octanol–water partition coefficient (Wildman–Crippen LogP) is 1.65. The third-order valence-corrected chi connectivity index (χ3v) is 2.47. The van der Waals surface area contributed by atoms with Crippen LogP contribution in [0.5, 0.6) is 0 Å². The second-order valence-corrected chi connectivity index (χ2v) is 3.67. The Morgan fingerprint density at radius 2 is 2.20 bits per heavy atom. The third-order valence-electron chi connectivity index (χ3n) is 2.47. The highest BCUT2D eigenvalue weighted by Crippen LogP contribution is 2.17. The van der Waals surface area contributed by atoms with Crippen LogP contribution in [0.2, 0.25) is 0 Å². The number of rotatable bonds is 4. The van der Waals surface area contributed by atoms with Gasteiger partial charge in [-0.1, -0.05) is 0 Å². The van der Waals surface area contributed by atoms with E-state index < -0.39 is 0 Å². The molecular formula is C12H17N3. The van der Waals surface area contributed by atoms with Gasteiger partial charge in [-0.15, -0.1) is 0 Å². The standard InChI is InChI=1S/C12H17N3/c1-10-8-12(5-4-11(10)9-14)15(2)7-3-6-13/h4-5,8H,3,6-7,13H2,1-2H3. The van der Waals surface area contributed by atoms with Crippen LogP contribution in [0.15, 0.2) is 18.2 Å². The molecule has 0 bridgehead atoms. The lowest BCUT2D eigenvalue weighted by Gasteiger charge is -2.19. The molecule has 3 heteroatoms. The Bertz CT molecular complexity index is 366. The molecular weight excluding hydrogens is 186 g/mol. The van der Waals surface area contributed by atoms with Crippen molar-refractivity contribution < 1.29 is 0 Å². The summed E-state index contributed by atoms with van der Waals surface area (Å²) in [6.45, 7) is 3.61. The molecule has 0 fully saturated rings. The van der Waals surface area contributed by atoms with E-state index in [4.69, 9.17) is 11.0 Å². The fourth-order valence-corrected chi connectivity index (χ4v) is 1.47. The Morgan fingerprint density at radius 1 is 1.47 bits per heavy atom. The minimum atomic E-state index is 0.708. The molecule has 3 nitrogen and oxygen atoms in total. The van der Waals surface area contributed by atoms with Gasteiger partial charge in [-0.25, -0.2) is 0 Å². The summed E-state index contributed by atoms with van der Waals surface area (Å²) in [6, 6.07) is 8.04. The molecule has 0 atom stereocenters. The highest BCUT2D eigenvalue weighted by Gasteiger charge is 2.03. The molecule has 0 saturated carbocycles. The van der Waals surface area contributed by atoms with E-state index in [1.54, 1.807) is 0 Å². The minimum absolute atomic E-state index is 0.708. The van der Waals surface area contributed by atoms with Crippen molar-refractivity contribution in [3.05, 3.63) is 29.3 Å². The van der Waals surface area contributed by atoms with Gasteiger partial charge in [-0.3, -0.25) is 0 Å². The molecule has 80 valence electrons. The Morgan fingerprint density at radius 3 is 2.73 bits per heavy atom. The van der Waals surface area contributed by atoms with Crippen LogP contribution in [0, 0.1) is 18.3 Å². The average molecular weight is 203 g/mol. The number of hydrogen-bond acceptors (Lipinski definition) is 3. The Kier molecular flexibility index (Phi) is 4.14. The lowest BCUT2D eigenvalue weighted by Crippen LogP contribution is -2.21. The average Bonchev–Trinajstić information content (AvgIpc) is 2.25. The van der Waals surface area contributed by atoms with Crippen LogP contribution >= 0.6 is 0 Å². The molecule has 15 heavy (non-hydrogen) atoms. The van der Waals surface area contributed by atoms with E-state index in [1.165, 1.54) is 0 Å². The molecule has 0 saturated heterocycles. The molecule has 2 N–H and O–H groups in total. The summed E-state index contributed by atoms with van der Waals surface area (Å²) in [4.78, 5) is 2.15. The van der Waals surface area contributed by atoms with E-state index in [1.807, 2.05) is 32.2 Å². The van der Waals surface area contributed by atoms with Crippen molar-refractivity contribution in [2.24, 2.45) is 5.73 Å². The van der Waals surface area contributed by atoms with Crippen LogP contribution in [0.1, 0.15) is 17.5 Å². The molecule has 0 spiro atoms. The number of nitrogens with two attached hydrogens (primary N) is 1. The maximum Gasteiger partial charge on any atom is 0.0994 e. The number of benzene rings is 1. The van der Waals surface area contributed by atoms with Gasteiger partial charge in [0, 0.05) is 19.3 Å². The monoisotopic (exact) mass is 203 g/mol. The first kappa shape index (κ1) is 11.5. The molecule has 0 radical (unpaired) electrons. The van der Waals surface area contributed by atoms with Crippen LogP contribution in [0.3, 0.4) is 0 Å². The molecule has 0 aromatic heterocycles. The minimum Gasteiger partial charge on any atom is -0.375 e. The van der Waals surface area contributed by atoms with Crippen molar-refractivity contribution in [3.8, 4) is 6.07 Å². The highest BCUT2D eigenvalue weighted by molar-refractivity contribution is 5.52. The van der Waals surface area contributed by atoms with Crippen molar-refractivity contribution in [1.29, 1.82) is 5.26 Å². The van der Waals surface area contributed by atoms with Crippen molar-refractivity contribution in [1.82, 2.24) is 0 Å². The normalized spacial score (nSPS) is 9.73. The van der Waals surface area contributed by atoms with Gasteiger partial charge in [-0.05, 0) is 43.7 Å². The summed E-state index contributed by atoms with van der Waals surface area (Å²) in [5.74, 6) is 0. The van der Waals surface area contributed by atoms with Crippen LogP contribution in [-0.2, 0) is 0 Å². The van der Waals surface area contributed by atoms with Crippen LogP contribution in [0.25, 0.3) is 0 Å². The van der Waals surface area contributed by atoms with Gasteiger partial charge in [-0.2, -0.15) is 5.26 Å². The SMILES string of the molecule is Cc1cc(N(C)CCCN)ccc1C#N. The number of nitrogens with zero attached hydrogens (tertiary/aromatic N) is 2. The van der Waals surface area contributed by atoms with Gasteiger partial charge >= 0.3 is 0 Å². The number of aryl methyl sites for hydroxylation is 1. The predicted molar refractivity (Wildman–Crippen MR) is 62.8 cm³/mol. The largest absolute Gasteiger partial charge is 0.375 e. The number of nitriles is 1. The molecule has 1 aromatic carbocycles. The first-order valence-electron chi connectivity index (χ1n) is 5.11. The molecule has 0 heterocycles. The van der Waals surface area contributed by atoms with Crippen molar-refractivity contribution in [2.75, 3.05) is 25.0 Å². The van der Waals surface area contributed by atoms with Crippen LogP contribution in [-0.4, -0.2) is 20.1 Å².